The van der Waals surface area contributed by atoms with E-state index in [-0.39, 0.29) is 5.56 Å². The van der Waals surface area contributed by atoms with Crippen LogP contribution in [0.1, 0.15) is 39.2 Å². The van der Waals surface area contributed by atoms with Gasteiger partial charge in [-0.3, -0.25) is 9.36 Å². The third-order valence-corrected chi connectivity index (χ3v) is 9.20. The first kappa shape index (κ1) is 24.5. The summed E-state index contributed by atoms with van der Waals surface area (Å²) in [5, 5.41) is 9.21. The summed E-state index contributed by atoms with van der Waals surface area (Å²) < 4.78 is 1.61. The van der Waals surface area contributed by atoms with Crippen LogP contribution in [0.25, 0.3) is 10.9 Å². The Morgan fingerprint density at radius 2 is 2.00 bits per heavy atom. The van der Waals surface area contributed by atoms with Gasteiger partial charge in [-0.2, -0.15) is 0 Å². The second-order valence-corrected chi connectivity index (χ2v) is 11.9. The lowest BCUT2D eigenvalue weighted by Gasteiger charge is -2.62. The lowest BCUT2D eigenvalue weighted by Crippen LogP contribution is -2.61. The highest BCUT2D eigenvalue weighted by molar-refractivity contribution is 7.80. The van der Waals surface area contributed by atoms with Gasteiger partial charge >= 0.3 is 0 Å². The molecule has 3 saturated carbocycles. The average molecular weight is 530 g/mol. The third-order valence-electron chi connectivity index (χ3n) is 8.39. The number of hydrogen-bond acceptors (Lipinski definition) is 3. The van der Waals surface area contributed by atoms with Gasteiger partial charge < -0.3 is 10.6 Å². The second kappa shape index (κ2) is 9.38. The van der Waals surface area contributed by atoms with Crippen molar-refractivity contribution in [3.8, 4) is 0 Å². The van der Waals surface area contributed by atoms with E-state index in [0.29, 0.717) is 56.4 Å². The van der Waals surface area contributed by atoms with Crippen molar-refractivity contribution in [1.29, 1.82) is 0 Å². The largest absolute Gasteiger partial charge is 0.359 e. The predicted octanol–water partition coefficient (Wildman–Crippen LogP) is 6.30. The zero-order valence-electron chi connectivity index (χ0n) is 20.1. The van der Waals surface area contributed by atoms with E-state index >= 15 is 0 Å². The smallest absolute Gasteiger partial charge is 0.261 e. The number of anilines is 1. The van der Waals surface area contributed by atoms with Gasteiger partial charge in [0.05, 0.1) is 17.2 Å². The molecule has 3 aromatic rings. The number of aryl methyl sites for hydroxylation is 2. The highest BCUT2D eigenvalue weighted by Gasteiger charge is 2.56. The Labute approximate surface area is 221 Å². The number of aromatic nitrogens is 2. The van der Waals surface area contributed by atoms with Crippen molar-refractivity contribution in [1.82, 2.24) is 14.9 Å². The first-order valence-electron chi connectivity index (χ1n) is 12.1. The summed E-state index contributed by atoms with van der Waals surface area (Å²) in [4.78, 5) is 17.5. The highest BCUT2D eigenvalue weighted by atomic mass is 35.5. The molecule has 0 saturated heterocycles. The van der Waals surface area contributed by atoms with Crippen LogP contribution >= 0.6 is 35.4 Å². The van der Waals surface area contributed by atoms with E-state index in [1.807, 2.05) is 24.3 Å². The molecular formula is C27H30Cl2N4OS. The molecule has 0 radical (unpaired) electrons. The zero-order chi connectivity index (χ0) is 24.9. The normalized spacial score (nSPS) is 24.6. The molecule has 4 atom stereocenters. The molecule has 2 N–H and O–H groups in total. The minimum Gasteiger partial charge on any atom is -0.359 e. The molecule has 2 aromatic carbocycles. The topological polar surface area (TPSA) is 58.9 Å². The van der Waals surface area contributed by atoms with E-state index < -0.39 is 0 Å². The Balaban J connectivity index is 1.24. The van der Waals surface area contributed by atoms with Gasteiger partial charge in [-0.05, 0) is 90.5 Å². The Kier molecular flexibility index (Phi) is 6.58. The van der Waals surface area contributed by atoms with Crippen molar-refractivity contribution in [3.05, 3.63) is 68.7 Å². The quantitative estimate of drug-likeness (QED) is 0.380. The summed E-state index contributed by atoms with van der Waals surface area (Å²) >= 11 is 17.9. The molecule has 3 aliphatic carbocycles. The number of hydrogen-bond donors (Lipinski definition) is 2. The van der Waals surface area contributed by atoms with Crippen LogP contribution in [0.2, 0.25) is 10.0 Å². The van der Waals surface area contributed by atoms with E-state index in [1.165, 1.54) is 6.42 Å². The molecule has 6 rings (SSSR count). The highest BCUT2D eigenvalue weighted by Crippen LogP contribution is 2.61. The zero-order valence-corrected chi connectivity index (χ0v) is 22.5. The minimum atomic E-state index is -0.0785. The SMILES string of the molecule is CC1C(NC(=S)Nc2ccc3c(=O)n(CCc4ccc(Cl)cc4Cl)cnc3c2)CC2CC1C2(C)C. The number of thiocarbonyl (C=S) groups is 1. The molecule has 0 amide bonds. The van der Waals surface area contributed by atoms with Crippen LogP contribution in [0.15, 0.2) is 47.5 Å². The van der Waals surface area contributed by atoms with Gasteiger partial charge in [0.2, 0.25) is 0 Å². The molecule has 5 nitrogen and oxygen atoms in total. The molecule has 35 heavy (non-hydrogen) atoms. The number of rotatable bonds is 5. The van der Waals surface area contributed by atoms with E-state index in [1.54, 1.807) is 23.0 Å². The monoisotopic (exact) mass is 528 g/mol. The van der Waals surface area contributed by atoms with Crippen molar-refractivity contribution < 1.29 is 0 Å². The van der Waals surface area contributed by atoms with E-state index in [2.05, 4.69) is 36.4 Å². The van der Waals surface area contributed by atoms with Crippen molar-refractivity contribution in [3.63, 3.8) is 0 Å². The molecule has 8 heteroatoms. The fraction of sp³-hybridized carbons (Fsp3) is 0.444. The predicted molar refractivity (Wildman–Crippen MR) is 148 cm³/mol. The van der Waals surface area contributed by atoms with Gasteiger partial charge in [0.25, 0.3) is 5.56 Å². The standard InChI is InChI=1S/C27H30Cl2N4OS/c1-15-21-10-17(27(21,2)3)11-23(15)32-26(35)31-19-6-7-20-24(13-19)30-14-33(25(20)34)9-8-16-4-5-18(28)12-22(16)29/h4-7,12-15,17,21,23H,8-11H2,1-3H3,(H2,31,32,35). The number of halogens is 2. The Hall–Kier alpha value is -2.15. The van der Waals surface area contributed by atoms with Crippen LogP contribution in [0.5, 0.6) is 0 Å². The number of benzene rings is 2. The van der Waals surface area contributed by atoms with Crippen LogP contribution in [0.3, 0.4) is 0 Å². The van der Waals surface area contributed by atoms with E-state index in [0.717, 1.165) is 29.5 Å². The van der Waals surface area contributed by atoms with Crippen LogP contribution in [-0.4, -0.2) is 20.7 Å². The molecular weight excluding hydrogens is 499 g/mol. The van der Waals surface area contributed by atoms with E-state index in [4.69, 9.17) is 35.4 Å². The van der Waals surface area contributed by atoms with Gasteiger partial charge in [-0.15, -0.1) is 0 Å². The molecule has 2 bridgehead atoms. The van der Waals surface area contributed by atoms with E-state index in [9.17, 15) is 4.79 Å². The van der Waals surface area contributed by atoms with Gasteiger partial charge in [0, 0.05) is 28.3 Å². The van der Waals surface area contributed by atoms with Crippen molar-refractivity contribution >= 4 is 57.1 Å². The van der Waals surface area contributed by atoms with Crippen molar-refractivity contribution in [2.45, 2.75) is 52.6 Å². The molecule has 0 spiro atoms. The summed E-state index contributed by atoms with van der Waals surface area (Å²) in [5.41, 5.74) is 2.77. The maximum atomic E-state index is 13.0. The van der Waals surface area contributed by atoms with Crippen molar-refractivity contribution in [2.75, 3.05) is 5.32 Å². The maximum absolute atomic E-state index is 13.0. The molecule has 3 aliphatic rings. The van der Waals surface area contributed by atoms with Crippen LogP contribution in [0, 0.1) is 23.2 Å². The second-order valence-electron chi connectivity index (χ2n) is 10.6. The summed E-state index contributed by atoms with van der Waals surface area (Å²) in [7, 11) is 0. The molecule has 184 valence electrons. The Morgan fingerprint density at radius 3 is 2.71 bits per heavy atom. The third kappa shape index (κ3) is 4.68. The van der Waals surface area contributed by atoms with Crippen LogP contribution in [0.4, 0.5) is 5.69 Å². The Morgan fingerprint density at radius 1 is 1.20 bits per heavy atom. The van der Waals surface area contributed by atoms with Gasteiger partial charge in [-0.1, -0.05) is 50.0 Å². The molecule has 3 fully saturated rings. The summed E-state index contributed by atoms with van der Waals surface area (Å²) in [5.74, 6) is 2.12. The molecule has 1 aromatic heterocycles. The Bertz CT molecular complexity index is 1350. The first-order chi connectivity index (χ1) is 16.6. The van der Waals surface area contributed by atoms with Gasteiger partial charge in [0.1, 0.15) is 0 Å². The lowest BCUT2D eigenvalue weighted by atomic mass is 9.45. The number of nitrogens with zero attached hydrogens (tertiary/aromatic N) is 2. The summed E-state index contributed by atoms with van der Waals surface area (Å²) in [6.07, 6.45) is 4.70. The van der Waals surface area contributed by atoms with Crippen LogP contribution < -0.4 is 16.2 Å². The molecule has 0 aliphatic heterocycles. The van der Waals surface area contributed by atoms with Gasteiger partial charge in [-0.25, -0.2) is 4.98 Å². The summed E-state index contributed by atoms with van der Waals surface area (Å²) in [6, 6.07) is 11.4. The maximum Gasteiger partial charge on any atom is 0.261 e. The summed E-state index contributed by atoms with van der Waals surface area (Å²) in [6.45, 7) is 7.62. The first-order valence-corrected chi connectivity index (χ1v) is 13.3. The average Bonchev–Trinajstić information content (AvgIpc) is 2.80. The fourth-order valence-electron chi connectivity index (χ4n) is 6.04. The molecule has 1 heterocycles. The lowest BCUT2D eigenvalue weighted by molar-refractivity contribution is -0.111. The fourth-order valence-corrected chi connectivity index (χ4v) is 6.81. The minimum absolute atomic E-state index is 0.0785. The van der Waals surface area contributed by atoms with Crippen LogP contribution in [-0.2, 0) is 13.0 Å². The van der Waals surface area contributed by atoms with Gasteiger partial charge in [0.15, 0.2) is 5.11 Å². The molecule has 4 unspecified atom stereocenters. The number of nitrogens with one attached hydrogen (secondary N) is 2. The van der Waals surface area contributed by atoms with Crippen molar-refractivity contribution in [2.24, 2.45) is 23.2 Å². The number of fused-ring (bicyclic) bond motifs is 3.